The summed E-state index contributed by atoms with van der Waals surface area (Å²) in [5.74, 6) is 0. The zero-order valence-electron chi connectivity index (χ0n) is 10.1. The highest BCUT2D eigenvalue weighted by Gasteiger charge is 2.05. The average Bonchev–Trinajstić information content (AvgIpc) is 2.28. The molecule has 84 valence electrons. The van der Waals surface area contributed by atoms with Crippen LogP contribution in [0, 0.1) is 0 Å². The fraction of sp³-hybridized carbons (Fsp3) is 0.538. The van der Waals surface area contributed by atoms with Gasteiger partial charge in [0.1, 0.15) is 0 Å². The molecule has 0 aliphatic heterocycles. The minimum absolute atomic E-state index is 0.433. The lowest BCUT2D eigenvalue weighted by Gasteiger charge is -2.13. The van der Waals surface area contributed by atoms with E-state index in [-0.39, 0.29) is 0 Å². The first-order valence-electron chi connectivity index (χ1n) is 5.61. The summed E-state index contributed by atoms with van der Waals surface area (Å²) in [6.45, 7) is 6.70. The summed E-state index contributed by atoms with van der Waals surface area (Å²) in [6, 6.07) is 9.25. The van der Waals surface area contributed by atoms with Crippen molar-refractivity contribution in [3.8, 4) is 0 Å². The van der Waals surface area contributed by atoms with Gasteiger partial charge in [-0.1, -0.05) is 26.0 Å². The van der Waals surface area contributed by atoms with Crippen molar-refractivity contribution >= 4 is 11.8 Å². The van der Waals surface area contributed by atoms with E-state index >= 15 is 0 Å². The molecule has 0 aliphatic carbocycles. The van der Waals surface area contributed by atoms with Gasteiger partial charge in [0.15, 0.2) is 0 Å². The molecule has 1 nitrogen and oxygen atoms in total. The molecule has 1 N–H and O–H groups in total. The maximum absolute atomic E-state index is 3.27. The van der Waals surface area contributed by atoms with E-state index < -0.39 is 0 Å². The Kier molecular flexibility index (Phi) is 5.20. The monoisotopic (exact) mass is 223 g/mol. The summed E-state index contributed by atoms with van der Waals surface area (Å²) >= 11 is 1.96. The minimum Gasteiger partial charge on any atom is -0.313 e. The number of nitrogens with one attached hydrogen (secondary N) is 1. The fourth-order valence-corrected chi connectivity index (χ4v) is 2.33. The number of benzene rings is 1. The lowest BCUT2D eigenvalue weighted by Crippen LogP contribution is -2.12. The van der Waals surface area contributed by atoms with Crippen LogP contribution in [0.1, 0.15) is 38.8 Å². The number of hydrogen-bond donors (Lipinski definition) is 1. The minimum atomic E-state index is 0.433. The third kappa shape index (κ3) is 3.88. The fourth-order valence-electron chi connectivity index (χ4n) is 1.34. The molecule has 2 heteroatoms. The summed E-state index contributed by atoms with van der Waals surface area (Å²) in [7, 11) is 2.00. The van der Waals surface area contributed by atoms with Gasteiger partial charge in [-0.2, -0.15) is 0 Å². The van der Waals surface area contributed by atoms with Crippen LogP contribution in [0.25, 0.3) is 0 Å². The van der Waals surface area contributed by atoms with Gasteiger partial charge in [-0.05, 0) is 38.1 Å². The molecule has 0 aromatic heterocycles. The van der Waals surface area contributed by atoms with E-state index in [0.717, 1.165) is 0 Å². The Labute approximate surface area is 97.7 Å². The van der Waals surface area contributed by atoms with Crippen LogP contribution in [0.4, 0.5) is 0 Å². The molecule has 0 heterocycles. The van der Waals surface area contributed by atoms with Gasteiger partial charge in [-0.3, -0.25) is 0 Å². The smallest absolute Gasteiger partial charge is 0.0289 e. The van der Waals surface area contributed by atoms with E-state index in [1.165, 1.54) is 16.9 Å². The van der Waals surface area contributed by atoms with E-state index in [4.69, 9.17) is 0 Å². The molecule has 15 heavy (non-hydrogen) atoms. The molecule has 1 aromatic rings. The quantitative estimate of drug-likeness (QED) is 0.761. The predicted octanol–water partition coefficient (Wildman–Crippen LogP) is 3.86. The zero-order valence-corrected chi connectivity index (χ0v) is 10.9. The van der Waals surface area contributed by atoms with Crippen LogP contribution in [-0.4, -0.2) is 12.3 Å². The summed E-state index contributed by atoms with van der Waals surface area (Å²) in [6.07, 6.45) is 1.22. The first-order valence-corrected chi connectivity index (χ1v) is 6.49. The van der Waals surface area contributed by atoms with Crippen LogP contribution in [-0.2, 0) is 0 Å². The topological polar surface area (TPSA) is 12.0 Å². The highest BCUT2D eigenvalue weighted by molar-refractivity contribution is 7.99. The largest absolute Gasteiger partial charge is 0.313 e. The van der Waals surface area contributed by atoms with Gasteiger partial charge in [0, 0.05) is 16.2 Å². The molecule has 1 rings (SSSR count). The Hall–Kier alpha value is -0.470. The van der Waals surface area contributed by atoms with Crippen molar-refractivity contribution in [1.82, 2.24) is 5.32 Å². The van der Waals surface area contributed by atoms with Crippen LogP contribution in [0.15, 0.2) is 29.2 Å². The third-order valence-electron chi connectivity index (χ3n) is 2.70. The van der Waals surface area contributed by atoms with Crippen molar-refractivity contribution in [1.29, 1.82) is 0 Å². The van der Waals surface area contributed by atoms with Crippen LogP contribution < -0.4 is 5.32 Å². The zero-order chi connectivity index (χ0) is 11.3. The maximum Gasteiger partial charge on any atom is 0.0289 e. The van der Waals surface area contributed by atoms with Crippen molar-refractivity contribution in [3.05, 3.63) is 29.8 Å². The maximum atomic E-state index is 3.27. The number of thioether (sulfide) groups is 1. The molecular weight excluding hydrogens is 202 g/mol. The average molecular weight is 223 g/mol. The second kappa shape index (κ2) is 6.19. The van der Waals surface area contributed by atoms with Gasteiger partial charge in [0.25, 0.3) is 0 Å². The molecular formula is C13H21NS. The lowest BCUT2D eigenvalue weighted by molar-refractivity contribution is 0.651. The van der Waals surface area contributed by atoms with E-state index in [1.54, 1.807) is 0 Å². The van der Waals surface area contributed by atoms with E-state index in [2.05, 4.69) is 50.4 Å². The molecule has 2 atom stereocenters. The normalized spacial score (nSPS) is 14.9. The molecule has 0 spiro atoms. The molecule has 0 saturated carbocycles. The molecule has 0 aliphatic rings. The molecule has 0 bridgehead atoms. The Morgan fingerprint density at radius 1 is 1.33 bits per heavy atom. The van der Waals surface area contributed by atoms with Gasteiger partial charge < -0.3 is 5.32 Å². The summed E-state index contributed by atoms with van der Waals surface area (Å²) in [5.41, 5.74) is 1.37. The summed E-state index contributed by atoms with van der Waals surface area (Å²) in [4.78, 5) is 1.38. The van der Waals surface area contributed by atoms with E-state index in [0.29, 0.717) is 11.3 Å². The molecule has 1 aromatic carbocycles. The Morgan fingerprint density at radius 2 is 2.07 bits per heavy atom. The second-order valence-electron chi connectivity index (χ2n) is 3.92. The van der Waals surface area contributed by atoms with Gasteiger partial charge in [0.05, 0.1) is 0 Å². The van der Waals surface area contributed by atoms with Crippen molar-refractivity contribution in [2.45, 2.75) is 43.4 Å². The van der Waals surface area contributed by atoms with Crippen molar-refractivity contribution in [3.63, 3.8) is 0 Å². The van der Waals surface area contributed by atoms with Crippen LogP contribution in [0.2, 0.25) is 0 Å². The number of rotatable bonds is 5. The molecule has 0 radical (unpaired) electrons. The molecule has 0 fully saturated rings. The highest BCUT2D eigenvalue weighted by Crippen LogP contribution is 2.27. The summed E-state index contributed by atoms with van der Waals surface area (Å²) in [5, 5.41) is 3.97. The van der Waals surface area contributed by atoms with E-state index in [1.807, 2.05) is 18.8 Å². The van der Waals surface area contributed by atoms with Crippen molar-refractivity contribution in [2.75, 3.05) is 7.05 Å². The molecule has 2 unspecified atom stereocenters. The first-order chi connectivity index (χ1) is 7.17. The van der Waals surface area contributed by atoms with Gasteiger partial charge in [0.2, 0.25) is 0 Å². The van der Waals surface area contributed by atoms with Crippen molar-refractivity contribution < 1.29 is 0 Å². The standard InChI is InChI=1S/C13H21NS/c1-5-10(2)15-13-8-6-7-12(9-13)11(3)14-4/h6-11,14H,5H2,1-4H3. The highest BCUT2D eigenvalue weighted by atomic mass is 32.2. The lowest BCUT2D eigenvalue weighted by atomic mass is 10.1. The molecule has 0 amide bonds. The molecule has 0 saturated heterocycles. The summed E-state index contributed by atoms with van der Waals surface area (Å²) < 4.78 is 0. The Bertz CT molecular complexity index is 298. The second-order valence-corrected chi connectivity index (χ2v) is 5.43. The predicted molar refractivity (Wildman–Crippen MR) is 69.5 cm³/mol. The third-order valence-corrected chi connectivity index (χ3v) is 3.97. The van der Waals surface area contributed by atoms with Gasteiger partial charge in [-0.15, -0.1) is 11.8 Å². The Morgan fingerprint density at radius 3 is 2.67 bits per heavy atom. The van der Waals surface area contributed by atoms with E-state index in [9.17, 15) is 0 Å². The first kappa shape index (κ1) is 12.6. The Balaban J connectivity index is 2.74. The van der Waals surface area contributed by atoms with Gasteiger partial charge >= 0.3 is 0 Å². The SMILES string of the molecule is CCC(C)Sc1cccc(C(C)NC)c1. The van der Waals surface area contributed by atoms with Gasteiger partial charge in [-0.25, -0.2) is 0 Å². The van der Waals surface area contributed by atoms with Crippen LogP contribution in [0.3, 0.4) is 0 Å². The van der Waals surface area contributed by atoms with Crippen LogP contribution in [0.5, 0.6) is 0 Å². The number of hydrogen-bond acceptors (Lipinski definition) is 2. The van der Waals surface area contributed by atoms with Crippen molar-refractivity contribution in [2.24, 2.45) is 0 Å². The van der Waals surface area contributed by atoms with Crippen LogP contribution >= 0.6 is 11.8 Å².